The molecule has 0 aliphatic rings. The molecule has 0 fully saturated rings. The average Bonchev–Trinajstić information content (AvgIpc) is 2.48. The van der Waals surface area contributed by atoms with E-state index in [1.54, 1.807) is 42.5 Å². The maximum Gasteiger partial charge on any atom is 0.254 e. The van der Waals surface area contributed by atoms with Crippen LogP contribution in [0, 0.1) is 0 Å². The summed E-state index contributed by atoms with van der Waals surface area (Å²) in [6, 6.07) is 8.98. The van der Waals surface area contributed by atoms with Crippen LogP contribution in [0.1, 0.15) is 28.9 Å². The van der Waals surface area contributed by atoms with Gasteiger partial charge in [-0.2, -0.15) is 0 Å². The molecule has 0 radical (unpaired) electrons. The fraction of sp³-hybridized carbons (Fsp3) is 0.200. The number of rotatable bonds is 3. The van der Waals surface area contributed by atoms with E-state index in [1.807, 2.05) is 19.1 Å². The number of hydrogen-bond acceptors (Lipinski definition) is 2. The minimum Gasteiger partial charge on any atom is -0.335 e. The summed E-state index contributed by atoms with van der Waals surface area (Å²) in [7, 11) is 1.78. The Hall–Kier alpha value is -1.39. The molecule has 1 amide bonds. The number of pyridine rings is 1. The van der Waals surface area contributed by atoms with Crippen molar-refractivity contribution in [2.75, 3.05) is 7.05 Å². The van der Waals surface area contributed by atoms with Gasteiger partial charge < -0.3 is 4.90 Å². The van der Waals surface area contributed by atoms with E-state index in [2.05, 4.69) is 20.9 Å². The van der Waals surface area contributed by atoms with Crippen LogP contribution < -0.4 is 0 Å². The molecule has 1 aromatic carbocycles. The van der Waals surface area contributed by atoms with Crippen molar-refractivity contribution in [1.82, 2.24) is 9.88 Å². The number of aromatic nitrogens is 1. The molecule has 3 nitrogen and oxygen atoms in total. The quantitative estimate of drug-likeness (QED) is 0.823. The summed E-state index contributed by atoms with van der Waals surface area (Å²) < 4.78 is 0.778. The zero-order valence-corrected chi connectivity index (χ0v) is 13.5. The van der Waals surface area contributed by atoms with E-state index < -0.39 is 0 Å². The van der Waals surface area contributed by atoms with Gasteiger partial charge in [-0.25, -0.2) is 0 Å². The minimum atomic E-state index is -0.0660. The summed E-state index contributed by atoms with van der Waals surface area (Å²) in [5, 5.41) is 0.529. The largest absolute Gasteiger partial charge is 0.335 e. The van der Waals surface area contributed by atoms with Crippen molar-refractivity contribution in [3.63, 3.8) is 0 Å². The van der Waals surface area contributed by atoms with Gasteiger partial charge in [-0.15, -0.1) is 0 Å². The molecular formula is C15H14BrClN2O. The molecule has 1 unspecified atom stereocenters. The number of halogens is 2. The Labute approximate surface area is 131 Å². The third-order valence-electron chi connectivity index (χ3n) is 3.26. The number of amides is 1. The first kappa shape index (κ1) is 15.0. The topological polar surface area (TPSA) is 33.2 Å². The highest BCUT2D eigenvalue weighted by Gasteiger charge is 2.19. The Morgan fingerprint density at radius 2 is 1.95 bits per heavy atom. The van der Waals surface area contributed by atoms with Crippen LogP contribution in [0.25, 0.3) is 0 Å². The van der Waals surface area contributed by atoms with Crippen LogP contribution in [-0.4, -0.2) is 22.8 Å². The molecule has 0 saturated carbocycles. The SMILES string of the molecule is CC(c1ccncc1)N(C)C(=O)c1ccc(Br)c(Cl)c1. The van der Waals surface area contributed by atoms with Crippen LogP contribution in [0.15, 0.2) is 47.2 Å². The maximum absolute atomic E-state index is 12.5. The van der Waals surface area contributed by atoms with Crippen LogP contribution in [-0.2, 0) is 0 Å². The molecule has 2 aromatic rings. The smallest absolute Gasteiger partial charge is 0.254 e. The summed E-state index contributed by atoms with van der Waals surface area (Å²) in [5.74, 6) is -0.0660. The molecule has 0 saturated heterocycles. The van der Waals surface area contributed by atoms with Crippen molar-refractivity contribution in [2.45, 2.75) is 13.0 Å². The van der Waals surface area contributed by atoms with Gasteiger partial charge in [-0.05, 0) is 58.7 Å². The van der Waals surface area contributed by atoms with E-state index in [-0.39, 0.29) is 11.9 Å². The monoisotopic (exact) mass is 352 g/mol. The zero-order chi connectivity index (χ0) is 14.7. The van der Waals surface area contributed by atoms with Gasteiger partial charge in [-0.3, -0.25) is 9.78 Å². The van der Waals surface area contributed by atoms with Crippen LogP contribution in [0.3, 0.4) is 0 Å². The third-order valence-corrected chi connectivity index (χ3v) is 4.49. The normalized spacial score (nSPS) is 12.0. The fourth-order valence-corrected chi connectivity index (χ4v) is 2.30. The molecule has 0 N–H and O–H groups in total. The first-order chi connectivity index (χ1) is 9.50. The number of nitrogens with zero attached hydrogens (tertiary/aromatic N) is 2. The molecule has 0 aliphatic carbocycles. The van der Waals surface area contributed by atoms with Crippen LogP contribution in [0.4, 0.5) is 0 Å². The number of carbonyl (C=O) groups is 1. The van der Waals surface area contributed by atoms with Crippen molar-refractivity contribution >= 4 is 33.4 Å². The van der Waals surface area contributed by atoms with E-state index in [0.29, 0.717) is 10.6 Å². The van der Waals surface area contributed by atoms with Gasteiger partial charge in [0.25, 0.3) is 5.91 Å². The lowest BCUT2D eigenvalue weighted by Gasteiger charge is -2.25. The highest BCUT2D eigenvalue weighted by molar-refractivity contribution is 9.10. The van der Waals surface area contributed by atoms with Crippen molar-refractivity contribution in [3.05, 3.63) is 63.3 Å². The van der Waals surface area contributed by atoms with Crippen molar-refractivity contribution in [3.8, 4) is 0 Å². The van der Waals surface area contributed by atoms with Crippen LogP contribution in [0.5, 0.6) is 0 Å². The Morgan fingerprint density at radius 1 is 1.30 bits per heavy atom. The van der Waals surface area contributed by atoms with Gasteiger partial charge in [0.2, 0.25) is 0 Å². The number of hydrogen-bond donors (Lipinski definition) is 0. The molecule has 0 aliphatic heterocycles. The van der Waals surface area contributed by atoms with Crippen LogP contribution >= 0.6 is 27.5 Å². The van der Waals surface area contributed by atoms with E-state index in [9.17, 15) is 4.79 Å². The molecule has 0 spiro atoms. The van der Waals surface area contributed by atoms with Gasteiger partial charge in [0.1, 0.15) is 0 Å². The molecule has 1 atom stereocenters. The minimum absolute atomic E-state index is 0.0343. The molecule has 20 heavy (non-hydrogen) atoms. The highest BCUT2D eigenvalue weighted by Crippen LogP contribution is 2.25. The lowest BCUT2D eigenvalue weighted by molar-refractivity contribution is 0.0742. The average molecular weight is 354 g/mol. The van der Waals surface area contributed by atoms with E-state index >= 15 is 0 Å². The van der Waals surface area contributed by atoms with Gasteiger partial charge in [0, 0.05) is 29.5 Å². The molecule has 0 bridgehead atoms. The molecule has 2 rings (SSSR count). The maximum atomic E-state index is 12.5. The predicted molar refractivity (Wildman–Crippen MR) is 83.9 cm³/mol. The van der Waals surface area contributed by atoms with Gasteiger partial charge in [0.05, 0.1) is 11.1 Å². The van der Waals surface area contributed by atoms with Gasteiger partial charge in [-0.1, -0.05) is 11.6 Å². The Morgan fingerprint density at radius 3 is 2.55 bits per heavy atom. The molecule has 1 heterocycles. The molecular weight excluding hydrogens is 340 g/mol. The Balaban J connectivity index is 2.22. The zero-order valence-electron chi connectivity index (χ0n) is 11.2. The lowest BCUT2D eigenvalue weighted by Crippen LogP contribution is -2.29. The van der Waals surface area contributed by atoms with E-state index in [1.165, 1.54) is 0 Å². The summed E-state index contributed by atoms with van der Waals surface area (Å²) in [4.78, 5) is 18.1. The second-order valence-electron chi connectivity index (χ2n) is 4.50. The van der Waals surface area contributed by atoms with Crippen molar-refractivity contribution in [2.24, 2.45) is 0 Å². The highest BCUT2D eigenvalue weighted by atomic mass is 79.9. The van der Waals surface area contributed by atoms with Crippen LogP contribution in [0.2, 0.25) is 5.02 Å². The number of carbonyl (C=O) groups excluding carboxylic acids is 1. The molecule has 104 valence electrons. The standard InChI is InChI=1S/C15H14BrClN2O/c1-10(11-5-7-18-8-6-11)19(2)15(20)12-3-4-13(16)14(17)9-12/h3-10H,1-2H3. The Bertz CT molecular complexity index is 619. The summed E-state index contributed by atoms with van der Waals surface area (Å²) in [5.41, 5.74) is 1.61. The molecule has 1 aromatic heterocycles. The first-order valence-electron chi connectivity index (χ1n) is 6.13. The lowest BCUT2D eigenvalue weighted by atomic mass is 10.1. The third kappa shape index (κ3) is 3.19. The van der Waals surface area contributed by atoms with Crippen molar-refractivity contribution < 1.29 is 4.79 Å². The second-order valence-corrected chi connectivity index (χ2v) is 5.76. The fourth-order valence-electron chi connectivity index (χ4n) is 1.87. The first-order valence-corrected chi connectivity index (χ1v) is 7.30. The summed E-state index contributed by atoms with van der Waals surface area (Å²) in [6.07, 6.45) is 3.45. The van der Waals surface area contributed by atoms with Crippen molar-refractivity contribution in [1.29, 1.82) is 0 Å². The Kier molecular flexibility index (Phi) is 4.78. The second kappa shape index (κ2) is 6.37. The summed E-state index contributed by atoms with van der Waals surface area (Å²) in [6.45, 7) is 1.98. The van der Waals surface area contributed by atoms with E-state index in [0.717, 1.165) is 10.0 Å². The summed E-state index contributed by atoms with van der Waals surface area (Å²) >= 11 is 9.35. The van der Waals surface area contributed by atoms with E-state index in [4.69, 9.17) is 11.6 Å². The van der Waals surface area contributed by atoms with Gasteiger partial charge in [0.15, 0.2) is 0 Å². The number of benzene rings is 1. The predicted octanol–water partition coefficient (Wildman–Crippen LogP) is 4.33. The molecule has 5 heteroatoms. The van der Waals surface area contributed by atoms with Gasteiger partial charge >= 0.3 is 0 Å².